The molecule has 1 aliphatic heterocycles. The van der Waals surface area contributed by atoms with Crippen molar-refractivity contribution in [1.29, 1.82) is 0 Å². The fourth-order valence-electron chi connectivity index (χ4n) is 2.93. The molecule has 2 rings (SSSR count). The summed E-state index contributed by atoms with van der Waals surface area (Å²) in [5, 5.41) is 1.95. The standard InChI is InChI=1S/C19H25F3N2O4/c1-17(2,3)28-15(25)23-18(19(20,21)22)10-7-11-24(13-18)16(26)27-12-14-8-5-4-6-9-14/h4-6,8-9H,7,10-13H2,1-3H3,(H,23,25). The Morgan fingerprint density at radius 2 is 1.82 bits per heavy atom. The number of halogens is 3. The highest BCUT2D eigenvalue weighted by atomic mass is 19.4. The molecule has 1 saturated heterocycles. The Kier molecular flexibility index (Phi) is 6.46. The van der Waals surface area contributed by atoms with Crippen LogP contribution in [0.4, 0.5) is 22.8 Å². The lowest BCUT2D eigenvalue weighted by molar-refractivity contribution is -0.206. The van der Waals surface area contributed by atoms with E-state index in [4.69, 9.17) is 9.47 Å². The Morgan fingerprint density at radius 1 is 1.18 bits per heavy atom. The number of ether oxygens (including phenoxy) is 2. The normalized spacial score (nSPS) is 20.4. The van der Waals surface area contributed by atoms with Crippen LogP contribution in [0.1, 0.15) is 39.2 Å². The number of alkyl halides is 3. The van der Waals surface area contributed by atoms with Gasteiger partial charge in [0.15, 0.2) is 5.54 Å². The van der Waals surface area contributed by atoms with E-state index in [0.29, 0.717) is 0 Å². The zero-order valence-electron chi connectivity index (χ0n) is 16.1. The van der Waals surface area contributed by atoms with Crippen molar-refractivity contribution in [2.24, 2.45) is 0 Å². The number of nitrogens with zero attached hydrogens (tertiary/aromatic N) is 1. The van der Waals surface area contributed by atoms with Crippen molar-refractivity contribution in [2.75, 3.05) is 13.1 Å². The third-order valence-electron chi connectivity index (χ3n) is 4.24. The predicted octanol–water partition coefficient (Wildman–Crippen LogP) is 4.24. The van der Waals surface area contributed by atoms with Crippen molar-refractivity contribution >= 4 is 12.2 Å². The van der Waals surface area contributed by atoms with Crippen LogP contribution in [0.15, 0.2) is 30.3 Å². The number of amides is 2. The summed E-state index contributed by atoms with van der Waals surface area (Å²) in [7, 11) is 0. The van der Waals surface area contributed by atoms with Gasteiger partial charge in [0, 0.05) is 6.54 Å². The van der Waals surface area contributed by atoms with Crippen LogP contribution in [-0.4, -0.2) is 47.5 Å². The van der Waals surface area contributed by atoms with Crippen molar-refractivity contribution in [2.45, 2.75) is 57.5 Å². The van der Waals surface area contributed by atoms with Crippen LogP contribution in [-0.2, 0) is 16.1 Å². The van der Waals surface area contributed by atoms with Crippen molar-refractivity contribution in [3.63, 3.8) is 0 Å². The van der Waals surface area contributed by atoms with Gasteiger partial charge in [0.05, 0.1) is 6.54 Å². The molecule has 1 heterocycles. The first-order chi connectivity index (χ1) is 12.9. The number of piperidine rings is 1. The van der Waals surface area contributed by atoms with Crippen LogP contribution in [0.2, 0.25) is 0 Å². The maximum atomic E-state index is 13.8. The van der Waals surface area contributed by atoms with E-state index in [2.05, 4.69) is 0 Å². The molecule has 0 radical (unpaired) electrons. The van der Waals surface area contributed by atoms with Crippen molar-refractivity contribution in [3.8, 4) is 0 Å². The average Bonchev–Trinajstić information content (AvgIpc) is 2.58. The monoisotopic (exact) mass is 402 g/mol. The van der Waals surface area contributed by atoms with Gasteiger partial charge >= 0.3 is 18.4 Å². The number of nitrogens with one attached hydrogen (secondary N) is 1. The molecule has 0 bridgehead atoms. The molecule has 156 valence electrons. The summed E-state index contributed by atoms with van der Waals surface area (Å²) in [6, 6.07) is 8.82. The molecule has 1 atom stereocenters. The molecule has 9 heteroatoms. The van der Waals surface area contributed by atoms with Crippen LogP contribution < -0.4 is 5.32 Å². The van der Waals surface area contributed by atoms with Gasteiger partial charge in [0.2, 0.25) is 0 Å². The summed E-state index contributed by atoms with van der Waals surface area (Å²) >= 11 is 0. The average molecular weight is 402 g/mol. The smallest absolute Gasteiger partial charge is 0.413 e. The largest absolute Gasteiger partial charge is 0.445 e. The molecule has 0 spiro atoms. The number of carbonyl (C=O) groups is 2. The van der Waals surface area contributed by atoms with Crippen LogP contribution in [0.25, 0.3) is 0 Å². The predicted molar refractivity (Wildman–Crippen MR) is 95.6 cm³/mol. The van der Waals surface area contributed by atoms with Gasteiger partial charge in [-0.05, 0) is 39.2 Å². The zero-order valence-corrected chi connectivity index (χ0v) is 16.1. The highest BCUT2D eigenvalue weighted by molar-refractivity contribution is 5.70. The molecule has 1 fully saturated rings. The minimum Gasteiger partial charge on any atom is -0.445 e. The van der Waals surface area contributed by atoms with Gasteiger partial charge in [-0.25, -0.2) is 9.59 Å². The molecule has 0 aromatic heterocycles. The maximum absolute atomic E-state index is 13.8. The molecule has 0 saturated carbocycles. The summed E-state index contributed by atoms with van der Waals surface area (Å²) in [6.07, 6.45) is -7.08. The van der Waals surface area contributed by atoms with Crippen LogP contribution >= 0.6 is 0 Å². The molecule has 1 unspecified atom stereocenters. The second-order valence-electron chi connectivity index (χ2n) is 7.77. The van der Waals surface area contributed by atoms with Gasteiger partial charge in [-0.1, -0.05) is 30.3 Å². The summed E-state index contributed by atoms with van der Waals surface area (Å²) in [6.45, 7) is 4.00. The van der Waals surface area contributed by atoms with E-state index in [1.165, 1.54) is 0 Å². The fourth-order valence-corrected chi connectivity index (χ4v) is 2.93. The molecular formula is C19H25F3N2O4. The molecule has 2 amide bonds. The molecule has 1 N–H and O–H groups in total. The van der Waals surface area contributed by atoms with E-state index in [0.717, 1.165) is 10.5 Å². The Hall–Kier alpha value is -2.45. The third kappa shape index (κ3) is 5.77. The lowest BCUT2D eigenvalue weighted by atomic mass is 9.88. The fraction of sp³-hybridized carbons (Fsp3) is 0.579. The van der Waals surface area contributed by atoms with E-state index in [9.17, 15) is 22.8 Å². The van der Waals surface area contributed by atoms with E-state index >= 15 is 0 Å². The van der Waals surface area contributed by atoms with Crippen LogP contribution in [0, 0.1) is 0 Å². The van der Waals surface area contributed by atoms with Gasteiger partial charge in [-0.15, -0.1) is 0 Å². The van der Waals surface area contributed by atoms with E-state index in [1.807, 2.05) is 5.32 Å². The van der Waals surface area contributed by atoms with Gasteiger partial charge in [0.25, 0.3) is 0 Å². The Bertz CT molecular complexity index is 689. The number of hydrogen-bond donors (Lipinski definition) is 1. The van der Waals surface area contributed by atoms with Crippen LogP contribution in [0.5, 0.6) is 0 Å². The first kappa shape index (κ1) is 21.8. The molecule has 28 heavy (non-hydrogen) atoms. The first-order valence-electron chi connectivity index (χ1n) is 8.95. The first-order valence-corrected chi connectivity index (χ1v) is 8.95. The van der Waals surface area contributed by atoms with Crippen molar-refractivity contribution in [3.05, 3.63) is 35.9 Å². The number of rotatable bonds is 3. The van der Waals surface area contributed by atoms with E-state index in [1.54, 1.807) is 51.1 Å². The highest BCUT2D eigenvalue weighted by Gasteiger charge is 2.58. The van der Waals surface area contributed by atoms with E-state index in [-0.39, 0.29) is 26.0 Å². The minimum atomic E-state index is -4.76. The number of likely N-dealkylation sites (tertiary alicyclic amines) is 1. The minimum absolute atomic E-state index is 0.0469. The van der Waals surface area contributed by atoms with Crippen molar-refractivity contribution < 1.29 is 32.2 Å². The number of hydrogen-bond acceptors (Lipinski definition) is 4. The lowest BCUT2D eigenvalue weighted by Crippen LogP contribution is -2.67. The van der Waals surface area contributed by atoms with E-state index < -0.39 is 36.0 Å². The summed E-state index contributed by atoms with van der Waals surface area (Å²) in [4.78, 5) is 25.3. The van der Waals surface area contributed by atoms with Gasteiger partial charge < -0.3 is 19.7 Å². The van der Waals surface area contributed by atoms with Crippen LogP contribution in [0.3, 0.4) is 0 Å². The quantitative estimate of drug-likeness (QED) is 0.821. The SMILES string of the molecule is CC(C)(C)OC(=O)NC1(C(F)(F)F)CCCN(C(=O)OCc2ccccc2)C1. The summed E-state index contributed by atoms with van der Waals surface area (Å²) in [5.74, 6) is 0. The Morgan fingerprint density at radius 3 is 2.39 bits per heavy atom. The Labute approximate surface area is 162 Å². The topological polar surface area (TPSA) is 67.9 Å². The molecule has 0 aliphatic carbocycles. The molecule has 1 aromatic rings. The zero-order chi connectivity index (χ0) is 21.0. The molecule has 1 aliphatic rings. The maximum Gasteiger partial charge on any atom is 0.413 e. The number of alkyl carbamates (subject to hydrolysis) is 1. The van der Waals surface area contributed by atoms with Gasteiger partial charge in [0.1, 0.15) is 12.2 Å². The molecule has 6 nitrogen and oxygen atoms in total. The lowest BCUT2D eigenvalue weighted by Gasteiger charge is -2.43. The number of benzene rings is 1. The van der Waals surface area contributed by atoms with Gasteiger partial charge in [-0.2, -0.15) is 13.2 Å². The molecular weight excluding hydrogens is 377 g/mol. The van der Waals surface area contributed by atoms with Gasteiger partial charge in [-0.3, -0.25) is 0 Å². The second-order valence-corrected chi connectivity index (χ2v) is 7.77. The Balaban J connectivity index is 2.08. The third-order valence-corrected chi connectivity index (χ3v) is 4.24. The summed E-state index contributed by atoms with van der Waals surface area (Å²) < 4.78 is 51.6. The number of carbonyl (C=O) groups excluding carboxylic acids is 2. The second kappa shape index (κ2) is 8.28. The summed E-state index contributed by atoms with van der Waals surface area (Å²) in [5.41, 5.74) is -2.80. The highest BCUT2D eigenvalue weighted by Crippen LogP contribution is 2.38. The molecule has 1 aromatic carbocycles. The van der Waals surface area contributed by atoms with Crippen molar-refractivity contribution in [1.82, 2.24) is 10.2 Å².